The SMILES string of the molecule is CC(C)c1ccc(-c2csc3cnn(CCc4ccc5ccccc5n4)c(=O)c23)cc1. The van der Waals surface area contributed by atoms with Crippen molar-refractivity contribution < 1.29 is 0 Å². The summed E-state index contributed by atoms with van der Waals surface area (Å²) in [6.07, 6.45) is 2.47. The maximum atomic E-state index is 13.3. The number of pyridine rings is 1. The molecule has 4 nitrogen and oxygen atoms in total. The van der Waals surface area contributed by atoms with Crippen molar-refractivity contribution in [2.24, 2.45) is 0 Å². The largest absolute Gasteiger partial charge is 0.276 e. The Balaban J connectivity index is 1.46. The van der Waals surface area contributed by atoms with Gasteiger partial charge in [-0.25, -0.2) is 4.68 Å². The summed E-state index contributed by atoms with van der Waals surface area (Å²) in [5, 5.41) is 8.35. The minimum absolute atomic E-state index is 0.0394. The molecule has 0 saturated carbocycles. The number of aromatic nitrogens is 3. The predicted molar refractivity (Wildman–Crippen MR) is 129 cm³/mol. The van der Waals surface area contributed by atoms with Crippen LogP contribution < -0.4 is 5.56 Å². The summed E-state index contributed by atoms with van der Waals surface area (Å²) in [4.78, 5) is 18.0. The Morgan fingerprint density at radius 1 is 1.00 bits per heavy atom. The number of thiophene rings is 1. The van der Waals surface area contributed by atoms with E-state index in [1.54, 1.807) is 22.2 Å². The zero-order valence-electron chi connectivity index (χ0n) is 17.6. The zero-order chi connectivity index (χ0) is 21.4. The zero-order valence-corrected chi connectivity index (χ0v) is 18.4. The fourth-order valence-corrected chi connectivity index (χ4v) is 4.80. The quantitative estimate of drug-likeness (QED) is 0.345. The van der Waals surface area contributed by atoms with Gasteiger partial charge in [0, 0.05) is 28.4 Å². The van der Waals surface area contributed by atoms with Crippen LogP contribution in [0.4, 0.5) is 0 Å². The van der Waals surface area contributed by atoms with Gasteiger partial charge in [-0.1, -0.05) is 62.4 Å². The average molecular weight is 426 g/mol. The van der Waals surface area contributed by atoms with Crippen molar-refractivity contribution in [2.45, 2.75) is 32.7 Å². The normalized spacial score (nSPS) is 11.6. The molecule has 0 spiro atoms. The van der Waals surface area contributed by atoms with Crippen molar-refractivity contribution in [3.05, 3.63) is 93.9 Å². The standard InChI is InChI=1S/C26H23N3OS/c1-17(2)18-7-9-19(10-8-18)22-16-31-24-15-27-29(26(30)25(22)24)14-13-21-12-11-20-5-3-4-6-23(20)28-21/h3-12,15-17H,13-14H2,1-2H3. The van der Waals surface area contributed by atoms with Gasteiger partial charge in [0.05, 0.1) is 28.3 Å². The lowest BCUT2D eigenvalue weighted by molar-refractivity contribution is 0.580. The molecule has 0 amide bonds. The molecule has 154 valence electrons. The Kier molecular flexibility index (Phi) is 5.12. The Morgan fingerprint density at radius 2 is 1.81 bits per heavy atom. The van der Waals surface area contributed by atoms with E-state index in [2.05, 4.69) is 60.7 Å². The summed E-state index contributed by atoms with van der Waals surface area (Å²) in [6.45, 7) is 4.87. The van der Waals surface area contributed by atoms with E-state index in [-0.39, 0.29) is 5.56 Å². The molecule has 2 aromatic carbocycles. The van der Waals surface area contributed by atoms with Crippen LogP contribution in [0.3, 0.4) is 0 Å². The van der Waals surface area contributed by atoms with Crippen LogP contribution in [0.5, 0.6) is 0 Å². The molecule has 31 heavy (non-hydrogen) atoms. The summed E-state index contributed by atoms with van der Waals surface area (Å²) in [5.74, 6) is 0.485. The van der Waals surface area contributed by atoms with Gasteiger partial charge in [0.15, 0.2) is 0 Å². The van der Waals surface area contributed by atoms with Crippen LogP contribution in [-0.4, -0.2) is 14.8 Å². The van der Waals surface area contributed by atoms with Crippen molar-refractivity contribution >= 4 is 32.3 Å². The van der Waals surface area contributed by atoms with Crippen molar-refractivity contribution in [3.63, 3.8) is 0 Å². The van der Waals surface area contributed by atoms with E-state index < -0.39 is 0 Å². The van der Waals surface area contributed by atoms with Crippen molar-refractivity contribution in [1.82, 2.24) is 14.8 Å². The van der Waals surface area contributed by atoms with Gasteiger partial charge in [-0.15, -0.1) is 11.3 Å². The van der Waals surface area contributed by atoms with Crippen LogP contribution in [0.2, 0.25) is 0 Å². The minimum atomic E-state index is -0.0394. The molecule has 5 heteroatoms. The van der Waals surface area contributed by atoms with Gasteiger partial charge in [0.2, 0.25) is 0 Å². The molecule has 0 bridgehead atoms. The monoisotopic (exact) mass is 425 g/mol. The molecular weight excluding hydrogens is 402 g/mol. The summed E-state index contributed by atoms with van der Waals surface area (Å²) in [5.41, 5.74) is 5.25. The molecule has 0 unspecified atom stereocenters. The van der Waals surface area contributed by atoms with Gasteiger partial charge in [0.1, 0.15) is 0 Å². The van der Waals surface area contributed by atoms with Gasteiger partial charge >= 0.3 is 0 Å². The first-order valence-corrected chi connectivity index (χ1v) is 11.4. The fourth-order valence-electron chi connectivity index (χ4n) is 3.88. The van der Waals surface area contributed by atoms with Gasteiger partial charge in [-0.3, -0.25) is 9.78 Å². The number of fused-ring (bicyclic) bond motifs is 2. The predicted octanol–water partition coefficient (Wildman–Crippen LogP) is 6.04. The number of hydrogen-bond donors (Lipinski definition) is 0. The van der Waals surface area contributed by atoms with Gasteiger partial charge in [0.25, 0.3) is 5.56 Å². The molecule has 0 N–H and O–H groups in total. The van der Waals surface area contributed by atoms with Crippen LogP contribution in [0, 0.1) is 0 Å². The molecule has 0 fully saturated rings. The van der Waals surface area contributed by atoms with Crippen molar-refractivity contribution in [3.8, 4) is 11.1 Å². The fraction of sp³-hybridized carbons (Fsp3) is 0.192. The molecule has 0 aliphatic heterocycles. The third-order valence-corrected chi connectivity index (χ3v) is 6.62. The number of aryl methyl sites for hydroxylation is 2. The second kappa shape index (κ2) is 8.08. The Hall–Kier alpha value is -3.31. The molecule has 5 aromatic rings. The highest BCUT2D eigenvalue weighted by Gasteiger charge is 2.13. The van der Waals surface area contributed by atoms with Crippen LogP contribution in [-0.2, 0) is 13.0 Å². The van der Waals surface area contributed by atoms with E-state index >= 15 is 0 Å². The molecule has 3 heterocycles. The second-order valence-corrected chi connectivity index (χ2v) is 8.99. The third kappa shape index (κ3) is 3.77. The summed E-state index contributed by atoms with van der Waals surface area (Å²) >= 11 is 1.57. The van der Waals surface area contributed by atoms with Crippen LogP contribution in [0.1, 0.15) is 31.0 Å². The first-order chi connectivity index (χ1) is 15.1. The number of nitrogens with zero attached hydrogens (tertiary/aromatic N) is 3. The van der Waals surface area contributed by atoms with Gasteiger partial charge in [-0.2, -0.15) is 5.10 Å². The van der Waals surface area contributed by atoms with Crippen LogP contribution >= 0.6 is 11.3 Å². The van der Waals surface area contributed by atoms with Crippen molar-refractivity contribution in [1.29, 1.82) is 0 Å². The van der Waals surface area contributed by atoms with E-state index in [4.69, 9.17) is 4.98 Å². The molecule has 0 saturated heterocycles. The highest BCUT2D eigenvalue weighted by molar-refractivity contribution is 7.17. The van der Waals surface area contributed by atoms with E-state index in [9.17, 15) is 4.79 Å². The van der Waals surface area contributed by atoms with Crippen LogP contribution in [0.15, 0.2) is 77.0 Å². The highest BCUT2D eigenvalue weighted by atomic mass is 32.1. The van der Waals surface area contributed by atoms with E-state index in [1.807, 2.05) is 24.3 Å². The lowest BCUT2D eigenvalue weighted by Gasteiger charge is -2.08. The molecule has 3 aromatic heterocycles. The first-order valence-electron chi connectivity index (χ1n) is 10.5. The average Bonchev–Trinajstić information content (AvgIpc) is 3.23. The molecule has 0 atom stereocenters. The lowest BCUT2D eigenvalue weighted by Crippen LogP contribution is -2.23. The summed E-state index contributed by atoms with van der Waals surface area (Å²) < 4.78 is 2.49. The maximum absolute atomic E-state index is 13.3. The van der Waals surface area contributed by atoms with E-state index in [0.29, 0.717) is 18.9 Å². The Bertz CT molecular complexity index is 1430. The third-order valence-electron chi connectivity index (χ3n) is 5.71. The van der Waals surface area contributed by atoms with E-state index in [0.717, 1.165) is 37.8 Å². The van der Waals surface area contributed by atoms with Crippen LogP contribution in [0.25, 0.3) is 32.1 Å². The number of hydrogen-bond acceptors (Lipinski definition) is 4. The van der Waals surface area contributed by atoms with Crippen molar-refractivity contribution in [2.75, 3.05) is 0 Å². The lowest BCUT2D eigenvalue weighted by atomic mass is 9.99. The smallest absolute Gasteiger partial charge is 0.267 e. The number of para-hydroxylation sites is 1. The summed E-state index contributed by atoms with van der Waals surface area (Å²) in [6, 6.07) is 20.7. The molecule has 0 radical (unpaired) electrons. The molecule has 0 aliphatic carbocycles. The highest BCUT2D eigenvalue weighted by Crippen LogP contribution is 2.32. The second-order valence-electron chi connectivity index (χ2n) is 8.08. The molecule has 5 rings (SSSR count). The molecule has 0 aliphatic rings. The topological polar surface area (TPSA) is 47.8 Å². The Labute approximate surface area is 184 Å². The molecular formula is C26H23N3OS. The number of benzene rings is 2. The minimum Gasteiger partial charge on any atom is -0.267 e. The van der Waals surface area contributed by atoms with Gasteiger partial charge < -0.3 is 0 Å². The van der Waals surface area contributed by atoms with E-state index in [1.165, 1.54) is 5.56 Å². The first kappa shape index (κ1) is 19.6. The number of rotatable bonds is 5. The van der Waals surface area contributed by atoms with Gasteiger partial charge in [-0.05, 0) is 29.2 Å². The summed E-state index contributed by atoms with van der Waals surface area (Å²) in [7, 11) is 0. The maximum Gasteiger partial charge on any atom is 0.276 e. The Morgan fingerprint density at radius 3 is 2.61 bits per heavy atom.